The van der Waals surface area contributed by atoms with Crippen molar-refractivity contribution in [3.05, 3.63) is 52.4 Å². The quantitative estimate of drug-likeness (QED) is 0.334. The van der Waals surface area contributed by atoms with Gasteiger partial charge in [-0.15, -0.1) is 0 Å². The summed E-state index contributed by atoms with van der Waals surface area (Å²) >= 11 is 0. The lowest BCUT2D eigenvalue weighted by atomic mass is 10.3. The van der Waals surface area contributed by atoms with Crippen LogP contribution in [0.5, 0.6) is 17.2 Å². The molecule has 0 atom stereocenters. The van der Waals surface area contributed by atoms with E-state index in [0.717, 1.165) is 24.3 Å². The maximum absolute atomic E-state index is 12.2. The number of carbonyl (C=O) groups excluding carboxylic acids is 1. The number of pyridine rings is 1. The Morgan fingerprint density at radius 2 is 1.71 bits per heavy atom. The first-order valence-electron chi connectivity index (χ1n) is 10.4. The molecule has 0 aliphatic heterocycles. The Labute approximate surface area is 182 Å². The van der Waals surface area contributed by atoms with Gasteiger partial charge in [-0.1, -0.05) is 13.3 Å². The van der Waals surface area contributed by atoms with Crippen molar-refractivity contribution in [3.8, 4) is 17.2 Å². The highest BCUT2D eigenvalue weighted by molar-refractivity contribution is 5.71. The summed E-state index contributed by atoms with van der Waals surface area (Å²) in [6.45, 7) is 5.56. The molecule has 0 saturated carbocycles. The number of benzene rings is 1. The number of unbranched alkanes of at least 4 members (excludes halogenated alkanes) is 1. The van der Waals surface area contributed by atoms with Gasteiger partial charge in [0.15, 0.2) is 12.4 Å². The van der Waals surface area contributed by atoms with Crippen LogP contribution in [0, 0.1) is 6.92 Å². The molecule has 8 nitrogen and oxygen atoms in total. The van der Waals surface area contributed by atoms with E-state index < -0.39 is 5.97 Å². The lowest BCUT2D eigenvalue weighted by molar-refractivity contribution is -0.147. The molecule has 0 amide bonds. The predicted molar refractivity (Wildman–Crippen MR) is 116 cm³/mol. The Kier molecular flexibility index (Phi) is 10.4. The molecule has 0 aliphatic carbocycles. The molecule has 2 rings (SSSR count). The fourth-order valence-corrected chi connectivity index (χ4v) is 2.74. The number of hydrogen-bond donors (Lipinski definition) is 0. The van der Waals surface area contributed by atoms with Gasteiger partial charge in [0.25, 0.3) is 0 Å². The summed E-state index contributed by atoms with van der Waals surface area (Å²) in [4.78, 5) is 24.0. The Bertz CT molecular complexity index is 861. The van der Waals surface area contributed by atoms with Gasteiger partial charge in [-0.25, -0.2) is 4.79 Å². The molecule has 0 N–H and O–H groups in total. The smallest absolute Gasteiger partial charge is 0.344 e. The zero-order chi connectivity index (χ0) is 22.5. The second-order valence-corrected chi connectivity index (χ2v) is 6.79. The Balaban J connectivity index is 1.81. The first-order valence-corrected chi connectivity index (χ1v) is 10.4. The molecule has 1 aromatic heterocycles. The van der Waals surface area contributed by atoms with Crippen LogP contribution in [0.15, 0.2) is 41.3 Å². The third-order valence-corrected chi connectivity index (χ3v) is 4.52. The summed E-state index contributed by atoms with van der Waals surface area (Å²) in [7, 11) is 1.61. The fraction of sp³-hybridized carbons (Fsp3) is 0.478. The van der Waals surface area contributed by atoms with Crippen molar-refractivity contribution in [3.63, 3.8) is 0 Å². The highest BCUT2D eigenvalue weighted by atomic mass is 16.6. The van der Waals surface area contributed by atoms with Crippen LogP contribution in [0.1, 0.15) is 25.5 Å². The predicted octanol–water partition coefficient (Wildman–Crippen LogP) is 2.98. The van der Waals surface area contributed by atoms with Crippen molar-refractivity contribution >= 4 is 5.97 Å². The summed E-state index contributed by atoms with van der Waals surface area (Å²) in [6, 6.07) is 8.70. The van der Waals surface area contributed by atoms with Gasteiger partial charge in [-0.2, -0.15) is 0 Å². The molecule has 170 valence electrons. The first-order chi connectivity index (χ1) is 15.0. The van der Waals surface area contributed by atoms with Crippen LogP contribution >= 0.6 is 0 Å². The van der Waals surface area contributed by atoms with E-state index in [2.05, 4.69) is 6.92 Å². The summed E-state index contributed by atoms with van der Waals surface area (Å²) in [5.74, 6) is 1.06. The van der Waals surface area contributed by atoms with Gasteiger partial charge in [-0.05, 0) is 37.6 Å². The van der Waals surface area contributed by atoms with E-state index >= 15 is 0 Å². The summed E-state index contributed by atoms with van der Waals surface area (Å²) < 4.78 is 28.5. The average molecular weight is 434 g/mol. The fourth-order valence-electron chi connectivity index (χ4n) is 2.74. The van der Waals surface area contributed by atoms with E-state index in [1.807, 2.05) is 28.8 Å². The van der Waals surface area contributed by atoms with Gasteiger partial charge >= 0.3 is 5.97 Å². The Morgan fingerprint density at radius 1 is 0.968 bits per heavy atom. The monoisotopic (exact) mass is 433 g/mol. The lowest BCUT2D eigenvalue weighted by Crippen LogP contribution is -2.22. The number of hydrogen-bond acceptors (Lipinski definition) is 7. The molecular weight excluding hydrogens is 402 g/mol. The van der Waals surface area contributed by atoms with Crippen LogP contribution in [0.3, 0.4) is 0 Å². The number of rotatable bonds is 14. The average Bonchev–Trinajstić information content (AvgIpc) is 2.78. The van der Waals surface area contributed by atoms with Crippen LogP contribution in [0.2, 0.25) is 0 Å². The van der Waals surface area contributed by atoms with E-state index in [1.165, 1.54) is 6.07 Å². The van der Waals surface area contributed by atoms with Gasteiger partial charge in [0.05, 0.1) is 26.0 Å². The van der Waals surface area contributed by atoms with Gasteiger partial charge in [0.2, 0.25) is 5.43 Å². The van der Waals surface area contributed by atoms with Crippen LogP contribution in [-0.2, 0) is 20.8 Å². The molecule has 31 heavy (non-hydrogen) atoms. The molecular formula is C23H31NO7. The maximum atomic E-state index is 12.2. The van der Waals surface area contributed by atoms with Crippen molar-refractivity contribution in [1.29, 1.82) is 0 Å². The molecule has 0 spiro atoms. The van der Waals surface area contributed by atoms with Gasteiger partial charge in [-0.3, -0.25) is 4.79 Å². The third kappa shape index (κ3) is 8.33. The third-order valence-electron chi connectivity index (χ3n) is 4.52. The minimum absolute atomic E-state index is 0.128. The van der Waals surface area contributed by atoms with Crippen molar-refractivity contribution in [1.82, 2.24) is 4.57 Å². The Morgan fingerprint density at radius 3 is 2.42 bits per heavy atom. The number of nitrogens with zero attached hydrogens (tertiary/aromatic N) is 1. The minimum Gasteiger partial charge on any atom is -0.497 e. The Hall–Kier alpha value is -3.00. The van der Waals surface area contributed by atoms with E-state index in [4.69, 9.17) is 23.7 Å². The van der Waals surface area contributed by atoms with E-state index in [9.17, 15) is 9.59 Å². The van der Waals surface area contributed by atoms with Crippen LogP contribution in [-0.4, -0.2) is 50.7 Å². The molecule has 0 radical (unpaired) electrons. The molecule has 0 aliphatic rings. The summed E-state index contributed by atoms with van der Waals surface area (Å²) in [6.07, 6.45) is 3.70. The van der Waals surface area contributed by atoms with Gasteiger partial charge < -0.3 is 28.3 Å². The number of aromatic nitrogens is 1. The highest BCUT2D eigenvalue weighted by Gasteiger charge is 2.12. The molecule has 8 heteroatoms. The largest absolute Gasteiger partial charge is 0.497 e. The minimum atomic E-state index is -0.545. The van der Waals surface area contributed by atoms with Crippen molar-refractivity contribution in [2.24, 2.45) is 0 Å². The summed E-state index contributed by atoms with van der Waals surface area (Å²) in [5, 5.41) is 0. The van der Waals surface area contributed by atoms with Crippen LogP contribution in [0.25, 0.3) is 0 Å². The molecule has 0 fully saturated rings. The molecule has 1 aromatic carbocycles. The van der Waals surface area contributed by atoms with Crippen LogP contribution in [0.4, 0.5) is 0 Å². The molecule has 0 bridgehead atoms. The van der Waals surface area contributed by atoms with Crippen molar-refractivity contribution in [2.75, 3.05) is 40.1 Å². The second kappa shape index (κ2) is 13.3. The zero-order valence-corrected chi connectivity index (χ0v) is 18.4. The maximum Gasteiger partial charge on any atom is 0.344 e. The molecule has 2 aromatic rings. The van der Waals surface area contributed by atoms with E-state index in [0.29, 0.717) is 32.1 Å². The van der Waals surface area contributed by atoms with Crippen molar-refractivity contribution in [2.45, 2.75) is 33.2 Å². The lowest BCUT2D eigenvalue weighted by Gasteiger charge is -2.15. The van der Waals surface area contributed by atoms with E-state index in [-0.39, 0.29) is 24.4 Å². The van der Waals surface area contributed by atoms with Gasteiger partial charge in [0.1, 0.15) is 24.7 Å². The standard InChI is InChI=1S/C23H31NO7/c1-4-5-13-28-15-16-30-22(26)17-31-23-18(2)24(11-10-21(23)25)12-14-29-20-8-6-19(27-3)7-9-20/h6-11H,4-5,12-17H2,1-3H3. The number of carbonyl (C=O) groups is 1. The van der Waals surface area contributed by atoms with E-state index in [1.54, 1.807) is 20.2 Å². The first kappa shape index (κ1) is 24.3. The highest BCUT2D eigenvalue weighted by Crippen LogP contribution is 2.17. The second-order valence-electron chi connectivity index (χ2n) is 6.79. The topological polar surface area (TPSA) is 85.2 Å². The molecule has 0 unspecified atom stereocenters. The number of methoxy groups -OCH3 is 1. The number of esters is 1. The molecule has 1 heterocycles. The normalized spacial score (nSPS) is 10.5. The zero-order valence-electron chi connectivity index (χ0n) is 18.4. The van der Waals surface area contributed by atoms with Crippen LogP contribution < -0.4 is 19.6 Å². The van der Waals surface area contributed by atoms with Crippen molar-refractivity contribution < 1.29 is 28.5 Å². The SMILES string of the molecule is CCCCOCCOC(=O)COc1c(C)n(CCOc2ccc(OC)cc2)ccc1=O. The van der Waals surface area contributed by atoms with Gasteiger partial charge in [0, 0.05) is 18.9 Å². The molecule has 0 saturated heterocycles. The number of ether oxygens (including phenoxy) is 5. The summed E-state index contributed by atoms with van der Waals surface area (Å²) in [5.41, 5.74) is 0.321.